The van der Waals surface area contributed by atoms with Gasteiger partial charge < -0.3 is 4.74 Å². The minimum atomic E-state index is -0.475. The standard InChI is InChI=1S/C20H20N4O3/c1-14-7-9-16(10-8-14)27-12-11-19(25)23-24-20(26)18-13-17(21-22-18)15-5-3-2-4-6-15/h2-10,13H,11-12H2,1H3,(H,21,22)(H,23,25)(H,24,26). The summed E-state index contributed by atoms with van der Waals surface area (Å²) >= 11 is 0. The molecule has 7 nitrogen and oxygen atoms in total. The summed E-state index contributed by atoms with van der Waals surface area (Å²) in [5.74, 6) is -0.126. The highest BCUT2D eigenvalue weighted by molar-refractivity contribution is 5.94. The number of hydrazine groups is 1. The second-order valence-electron chi connectivity index (χ2n) is 5.95. The molecule has 1 aromatic heterocycles. The number of nitrogens with one attached hydrogen (secondary N) is 3. The van der Waals surface area contributed by atoms with E-state index < -0.39 is 5.91 Å². The summed E-state index contributed by atoms with van der Waals surface area (Å²) < 4.78 is 5.49. The third-order valence-corrected chi connectivity index (χ3v) is 3.83. The first kappa shape index (κ1) is 18.2. The van der Waals surface area contributed by atoms with Crippen LogP contribution in [-0.4, -0.2) is 28.6 Å². The fraction of sp³-hybridized carbons (Fsp3) is 0.150. The Morgan fingerprint density at radius 2 is 1.78 bits per heavy atom. The lowest BCUT2D eigenvalue weighted by Gasteiger charge is -2.08. The van der Waals surface area contributed by atoms with Gasteiger partial charge in [-0.1, -0.05) is 48.0 Å². The van der Waals surface area contributed by atoms with E-state index in [0.29, 0.717) is 11.4 Å². The van der Waals surface area contributed by atoms with E-state index in [2.05, 4.69) is 21.0 Å². The molecule has 0 spiro atoms. The highest BCUT2D eigenvalue weighted by atomic mass is 16.5. The quantitative estimate of drug-likeness (QED) is 0.586. The lowest BCUT2D eigenvalue weighted by molar-refractivity contribution is -0.122. The van der Waals surface area contributed by atoms with Gasteiger partial charge in [-0.2, -0.15) is 5.10 Å². The maximum absolute atomic E-state index is 12.1. The number of H-pyrrole nitrogens is 1. The van der Waals surface area contributed by atoms with E-state index in [1.54, 1.807) is 6.07 Å². The predicted molar refractivity (Wildman–Crippen MR) is 101 cm³/mol. The van der Waals surface area contributed by atoms with Crippen LogP contribution in [0, 0.1) is 6.92 Å². The van der Waals surface area contributed by atoms with Crippen molar-refractivity contribution >= 4 is 11.8 Å². The minimum Gasteiger partial charge on any atom is -0.493 e. The number of benzene rings is 2. The number of rotatable bonds is 6. The van der Waals surface area contributed by atoms with Gasteiger partial charge in [0.1, 0.15) is 11.4 Å². The number of carbonyl (C=O) groups is 2. The topological polar surface area (TPSA) is 96.1 Å². The third kappa shape index (κ3) is 5.18. The first-order valence-electron chi connectivity index (χ1n) is 8.51. The van der Waals surface area contributed by atoms with E-state index in [9.17, 15) is 9.59 Å². The first-order valence-corrected chi connectivity index (χ1v) is 8.51. The monoisotopic (exact) mass is 364 g/mol. The molecular formula is C20H20N4O3. The van der Waals surface area contributed by atoms with Crippen LogP contribution < -0.4 is 15.6 Å². The SMILES string of the molecule is Cc1ccc(OCCC(=O)NNC(=O)c2cc(-c3ccccc3)n[nH]2)cc1. The molecule has 138 valence electrons. The second-order valence-corrected chi connectivity index (χ2v) is 5.95. The van der Waals surface area contributed by atoms with Gasteiger partial charge in [0, 0.05) is 5.56 Å². The van der Waals surface area contributed by atoms with Crippen LogP contribution in [0.5, 0.6) is 5.75 Å². The van der Waals surface area contributed by atoms with Crippen LogP contribution in [0.2, 0.25) is 0 Å². The van der Waals surface area contributed by atoms with Crippen molar-refractivity contribution in [1.29, 1.82) is 0 Å². The Hall–Kier alpha value is -3.61. The lowest BCUT2D eigenvalue weighted by atomic mass is 10.1. The summed E-state index contributed by atoms with van der Waals surface area (Å²) in [5.41, 5.74) is 7.65. The summed E-state index contributed by atoms with van der Waals surface area (Å²) in [6.07, 6.45) is 0.117. The fourth-order valence-corrected chi connectivity index (χ4v) is 2.35. The molecule has 3 N–H and O–H groups in total. The van der Waals surface area contributed by atoms with Crippen molar-refractivity contribution in [3.05, 3.63) is 71.9 Å². The van der Waals surface area contributed by atoms with Crippen LogP contribution in [0.4, 0.5) is 0 Å². The van der Waals surface area contributed by atoms with Gasteiger partial charge in [0.2, 0.25) is 5.91 Å². The van der Waals surface area contributed by atoms with Crippen molar-refractivity contribution in [2.45, 2.75) is 13.3 Å². The smallest absolute Gasteiger partial charge is 0.287 e. The van der Waals surface area contributed by atoms with Gasteiger partial charge in [-0.15, -0.1) is 0 Å². The van der Waals surface area contributed by atoms with Gasteiger partial charge in [-0.25, -0.2) is 0 Å². The average molecular weight is 364 g/mol. The highest BCUT2D eigenvalue weighted by Crippen LogP contribution is 2.16. The van der Waals surface area contributed by atoms with Gasteiger partial charge in [0.05, 0.1) is 18.7 Å². The van der Waals surface area contributed by atoms with E-state index in [1.165, 1.54) is 0 Å². The summed E-state index contributed by atoms with van der Waals surface area (Å²) in [5, 5.41) is 6.76. The number of carbonyl (C=O) groups excluding carboxylic acids is 2. The van der Waals surface area contributed by atoms with E-state index in [-0.39, 0.29) is 24.6 Å². The summed E-state index contributed by atoms with van der Waals surface area (Å²) in [6.45, 7) is 2.20. The molecule has 27 heavy (non-hydrogen) atoms. The van der Waals surface area contributed by atoms with Gasteiger partial charge in [0.15, 0.2) is 0 Å². The first-order chi connectivity index (χ1) is 13.1. The number of aromatic nitrogens is 2. The molecule has 0 aliphatic heterocycles. The van der Waals surface area contributed by atoms with Crippen molar-refractivity contribution in [3.63, 3.8) is 0 Å². The van der Waals surface area contributed by atoms with Gasteiger partial charge in [-0.05, 0) is 25.1 Å². The molecule has 0 saturated heterocycles. The molecular weight excluding hydrogens is 344 g/mol. The molecule has 3 aromatic rings. The van der Waals surface area contributed by atoms with Crippen molar-refractivity contribution in [2.24, 2.45) is 0 Å². The maximum atomic E-state index is 12.1. The number of aromatic amines is 1. The lowest BCUT2D eigenvalue weighted by Crippen LogP contribution is -2.42. The zero-order valence-electron chi connectivity index (χ0n) is 14.9. The summed E-state index contributed by atoms with van der Waals surface area (Å²) in [6, 6.07) is 18.7. The van der Waals surface area contributed by atoms with Crippen molar-refractivity contribution in [2.75, 3.05) is 6.61 Å². The van der Waals surface area contributed by atoms with Crippen molar-refractivity contribution < 1.29 is 14.3 Å². The van der Waals surface area contributed by atoms with Gasteiger partial charge in [0.25, 0.3) is 5.91 Å². The molecule has 1 heterocycles. The van der Waals surface area contributed by atoms with Crippen molar-refractivity contribution in [3.8, 4) is 17.0 Å². The molecule has 0 fully saturated rings. The minimum absolute atomic E-state index is 0.117. The number of hydrogen-bond donors (Lipinski definition) is 3. The second kappa shape index (κ2) is 8.66. The van der Waals surface area contributed by atoms with Crippen LogP contribution in [0.25, 0.3) is 11.3 Å². The number of ether oxygens (including phenoxy) is 1. The van der Waals surface area contributed by atoms with Gasteiger partial charge in [-0.3, -0.25) is 25.5 Å². The average Bonchev–Trinajstić information content (AvgIpc) is 3.19. The summed E-state index contributed by atoms with van der Waals surface area (Å²) in [4.78, 5) is 23.9. The van der Waals surface area contributed by atoms with E-state index in [1.807, 2.05) is 61.5 Å². The largest absolute Gasteiger partial charge is 0.493 e. The van der Waals surface area contributed by atoms with Gasteiger partial charge >= 0.3 is 0 Å². The summed E-state index contributed by atoms with van der Waals surface area (Å²) in [7, 11) is 0. The molecule has 7 heteroatoms. The Balaban J connectivity index is 1.43. The van der Waals surface area contributed by atoms with E-state index >= 15 is 0 Å². The van der Waals surface area contributed by atoms with Crippen LogP contribution in [-0.2, 0) is 4.79 Å². The molecule has 0 aliphatic carbocycles. The molecule has 0 saturated carbocycles. The Bertz CT molecular complexity index is 904. The maximum Gasteiger partial charge on any atom is 0.287 e. The van der Waals surface area contributed by atoms with Crippen molar-refractivity contribution in [1.82, 2.24) is 21.0 Å². The predicted octanol–water partition coefficient (Wildman–Crippen LogP) is 2.62. The van der Waals surface area contributed by atoms with Crippen LogP contribution in [0.3, 0.4) is 0 Å². The van der Waals surface area contributed by atoms with Crippen LogP contribution in [0.1, 0.15) is 22.5 Å². The Morgan fingerprint density at radius 3 is 2.52 bits per heavy atom. The number of hydrogen-bond acceptors (Lipinski definition) is 4. The Morgan fingerprint density at radius 1 is 1.04 bits per heavy atom. The molecule has 0 atom stereocenters. The van der Waals surface area contributed by atoms with Crippen LogP contribution in [0.15, 0.2) is 60.7 Å². The third-order valence-electron chi connectivity index (χ3n) is 3.83. The number of nitrogens with zero attached hydrogens (tertiary/aromatic N) is 1. The number of aryl methyl sites for hydroxylation is 1. The molecule has 3 rings (SSSR count). The van der Waals surface area contributed by atoms with Crippen LogP contribution >= 0.6 is 0 Å². The number of amides is 2. The molecule has 0 bridgehead atoms. The highest BCUT2D eigenvalue weighted by Gasteiger charge is 2.12. The normalized spacial score (nSPS) is 10.3. The molecule has 0 radical (unpaired) electrons. The zero-order valence-corrected chi connectivity index (χ0v) is 14.9. The zero-order chi connectivity index (χ0) is 19.1. The molecule has 2 amide bonds. The Kier molecular flexibility index (Phi) is 5.84. The van der Waals surface area contributed by atoms with E-state index in [4.69, 9.17) is 4.74 Å². The Labute approximate surface area is 156 Å². The fourth-order valence-electron chi connectivity index (χ4n) is 2.35. The van der Waals surface area contributed by atoms with E-state index in [0.717, 1.165) is 11.1 Å². The molecule has 0 aliphatic rings. The molecule has 0 unspecified atom stereocenters. The molecule has 2 aromatic carbocycles.